The zero-order chi connectivity index (χ0) is 41.1. The van der Waals surface area contributed by atoms with E-state index in [1.807, 2.05) is 53.9 Å². The number of fused-ring (bicyclic) bond motifs is 7. The summed E-state index contributed by atoms with van der Waals surface area (Å²) in [6.07, 6.45) is 4.55. The maximum Gasteiger partial charge on any atom is 0.343 e. The van der Waals surface area contributed by atoms with Crippen molar-refractivity contribution in [2.45, 2.75) is 59.2 Å². The number of piperazine rings is 1. The fourth-order valence-electron chi connectivity index (χ4n) is 7.74. The average molecular weight is 821 g/mol. The van der Waals surface area contributed by atoms with Crippen LogP contribution in [0.25, 0.3) is 22.3 Å². The maximum atomic E-state index is 13.0. The van der Waals surface area contributed by atoms with Gasteiger partial charge in [0.25, 0.3) is 5.56 Å². The summed E-state index contributed by atoms with van der Waals surface area (Å²) in [5.74, 6) is -3.22. The van der Waals surface area contributed by atoms with Crippen LogP contribution in [0.4, 0.5) is 0 Å². The molecule has 300 valence electrons. The van der Waals surface area contributed by atoms with Crippen LogP contribution in [-0.2, 0) is 44.3 Å². The Kier molecular flexibility index (Phi) is 12.2. The third-order valence-corrected chi connectivity index (χ3v) is 12.9. The summed E-state index contributed by atoms with van der Waals surface area (Å²) in [5, 5.41) is 27.5. The van der Waals surface area contributed by atoms with E-state index < -0.39 is 23.5 Å². The van der Waals surface area contributed by atoms with Gasteiger partial charge >= 0.3 is 17.9 Å². The molecule has 0 amide bonds. The topological polar surface area (TPSA) is 162 Å². The molecule has 3 N–H and O–H groups in total. The number of aliphatic hydroxyl groups is 1. The van der Waals surface area contributed by atoms with E-state index in [9.17, 15) is 24.3 Å². The smallest absolute Gasteiger partial charge is 0.343 e. The highest BCUT2D eigenvalue weighted by atomic mass is 32.2. The first-order valence-electron chi connectivity index (χ1n) is 19.0. The lowest BCUT2D eigenvalue weighted by Gasteiger charge is -2.38. The fourth-order valence-corrected chi connectivity index (χ4v) is 9.31. The summed E-state index contributed by atoms with van der Waals surface area (Å²) < 4.78 is 6.72. The molecule has 0 radical (unpaired) electrons. The van der Waals surface area contributed by atoms with E-state index in [0.29, 0.717) is 41.6 Å². The van der Waals surface area contributed by atoms with Crippen LogP contribution in [0.2, 0.25) is 0 Å². The predicted molar refractivity (Wildman–Crippen MR) is 223 cm³/mol. The number of pyridine rings is 2. The molecular formula is C44H44N4O8S2. The third-order valence-electron chi connectivity index (χ3n) is 10.9. The first-order valence-corrected chi connectivity index (χ1v) is 21.0. The molecule has 4 aliphatic heterocycles. The number of carbonyl (C=O) groups is 3. The molecule has 3 aromatic carbocycles. The number of benzene rings is 3. The number of para-hydroxylation sites is 1. The summed E-state index contributed by atoms with van der Waals surface area (Å²) >= 11 is 3.79. The van der Waals surface area contributed by atoms with E-state index in [0.717, 1.165) is 41.7 Å². The number of thioether (sulfide) groups is 1. The van der Waals surface area contributed by atoms with Crippen LogP contribution in [0.5, 0.6) is 0 Å². The molecule has 0 bridgehead atoms. The lowest BCUT2D eigenvalue weighted by Crippen LogP contribution is -2.46. The number of likely N-dealkylation sites (N-methyl/N-ethyl adjacent to an activating group) is 1. The first-order chi connectivity index (χ1) is 27.9. The van der Waals surface area contributed by atoms with Gasteiger partial charge in [-0.1, -0.05) is 55.1 Å². The Hall–Kier alpha value is -5.25. The quantitative estimate of drug-likeness (QED) is 0.103. The van der Waals surface area contributed by atoms with Crippen molar-refractivity contribution < 1.29 is 34.4 Å². The van der Waals surface area contributed by atoms with E-state index >= 15 is 0 Å². The molecule has 9 rings (SSSR count). The molecule has 2 aromatic heterocycles. The number of ether oxygens (including phenoxy) is 1. The number of nitrogens with zero attached hydrogens (tertiary/aromatic N) is 4. The zero-order valence-electron chi connectivity index (χ0n) is 32.4. The highest BCUT2D eigenvalue weighted by molar-refractivity contribution is 7.99. The Morgan fingerprint density at radius 3 is 2.34 bits per heavy atom. The van der Waals surface area contributed by atoms with Crippen LogP contribution >= 0.6 is 23.5 Å². The van der Waals surface area contributed by atoms with Gasteiger partial charge < -0.3 is 29.5 Å². The van der Waals surface area contributed by atoms with Crippen molar-refractivity contribution in [2.24, 2.45) is 0 Å². The predicted octanol–water partition coefficient (Wildman–Crippen LogP) is 6.20. The van der Waals surface area contributed by atoms with Crippen LogP contribution < -0.4 is 5.56 Å². The Balaban J connectivity index is 0.000000150. The lowest BCUT2D eigenvalue weighted by atomic mass is 9.86. The molecule has 2 atom stereocenters. The molecule has 0 spiro atoms. The van der Waals surface area contributed by atoms with E-state index in [2.05, 4.69) is 65.6 Å². The van der Waals surface area contributed by atoms with Crippen molar-refractivity contribution in [3.05, 3.63) is 129 Å². The number of carboxylic acid groups (broad SMARTS) is 2. The summed E-state index contributed by atoms with van der Waals surface area (Å²) in [6, 6.07) is 28.0. The van der Waals surface area contributed by atoms with Gasteiger partial charge in [-0.15, -0.1) is 11.8 Å². The molecule has 14 heteroatoms. The Morgan fingerprint density at radius 2 is 1.64 bits per heavy atom. The monoisotopic (exact) mass is 820 g/mol. The molecule has 1 saturated heterocycles. The molecular weight excluding hydrogens is 777 g/mol. The SMILES string of the molecule is CCC1(O)C(=O)OCc2c1cc1n(c2=O)Cc2cc3ccccc3nc2-1.CSc1ccc2c(c1)C(N1CCN(C)CC1)Cc1ccccc1S2.O=C(O)C=CC(=O)O. The van der Waals surface area contributed by atoms with Crippen LogP contribution in [0.15, 0.2) is 110 Å². The zero-order valence-corrected chi connectivity index (χ0v) is 34.0. The Labute approximate surface area is 344 Å². The first kappa shape index (κ1) is 40.9. The summed E-state index contributed by atoms with van der Waals surface area (Å²) in [6.45, 7) is 6.68. The largest absolute Gasteiger partial charge is 0.478 e. The van der Waals surface area contributed by atoms with Gasteiger partial charge in [0.15, 0.2) is 5.60 Å². The van der Waals surface area contributed by atoms with Crippen molar-refractivity contribution in [1.82, 2.24) is 19.4 Å². The molecule has 0 aliphatic carbocycles. The van der Waals surface area contributed by atoms with Gasteiger partial charge in [-0.3, -0.25) is 9.69 Å². The van der Waals surface area contributed by atoms with E-state index in [1.165, 1.54) is 38.9 Å². The highest BCUT2D eigenvalue weighted by Gasteiger charge is 2.45. The standard InChI is InChI=1S/C20H16N2O4.C20H24N2S2.C4H4O4/c1-2-20(25)14-8-16-17-12(7-11-5-3-4-6-15(11)21-17)9-22(16)18(23)13(14)10-26-19(20)24;1-21-9-11-22(12-10-21)18-13-15-5-3-4-6-19(15)24-20-8-7-16(23-2)14-17(18)20;5-3(6)1-2-4(7)8/h3-8,25H,2,9-10H2,1H3;3-8,14,18H,9-13H2,1-2H3;1-2H,(H,5,6)(H,7,8). The van der Waals surface area contributed by atoms with Gasteiger partial charge in [-0.25, -0.2) is 19.4 Å². The second-order valence-electron chi connectivity index (χ2n) is 14.5. The minimum Gasteiger partial charge on any atom is -0.478 e. The summed E-state index contributed by atoms with van der Waals surface area (Å²) in [7, 11) is 2.23. The van der Waals surface area contributed by atoms with Gasteiger partial charge in [-0.2, -0.15) is 0 Å². The lowest BCUT2D eigenvalue weighted by molar-refractivity contribution is -0.172. The number of hydrogen-bond acceptors (Lipinski definition) is 11. The minimum atomic E-state index is -1.79. The number of esters is 1. The molecule has 1 fully saturated rings. The van der Waals surface area contributed by atoms with Gasteiger partial charge in [0.2, 0.25) is 0 Å². The average Bonchev–Trinajstić information content (AvgIpc) is 3.49. The molecule has 4 aliphatic rings. The number of carbonyl (C=O) groups excluding carboxylic acids is 1. The fraction of sp³-hybridized carbons (Fsp3) is 0.295. The number of carboxylic acids is 2. The van der Waals surface area contributed by atoms with Crippen molar-refractivity contribution in [1.29, 1.82) is 0 Å². The molecule has 6 heterocycles. The molecule has 5 aromatic rings. The van der Waals surface area contributed by atoms with E-state index in [4.69, 9.17) is 19.9 Å². The van der Waals surface area contributed by atoms with Crippen LogP contribution in [0.3, 0.4) is 0 Å². The van der Waals surface area contributed by atoms with E-state index in [-0.39, 0.29) is 18.6 Å². The van der Waals surface area contributed by atoms with Gasteiger partial charge in [0, 0.05) is 75.6 Å². The summed E-state index contributed by atoms with van der Waals surface area (Å²) in [4.78, 5) is 58.4. The van der Waals surface area contributed by atoms with Crippen LogP contribution in [0.1, 0.15) is 47.2 Å². The maximum absolute atomic E-state index is 13.0. The minimum absolute atomic E-state index is 0.110. The van der Waals surface area contributed by atoms with Gasteiger partial charge in [-0.05, 0) is 79.7 Å². The number of rotatable bonds is 5. The Bertz CT molecular complexity index is 2480. The van der Waals surface area contributed by atoms with Crippen molar-refractivity contribution in [3.63, 3.8) is 0 Å². The molecule has 2 unspecified atom stereocenters. The normalized spacial score (nSPS) is 19.5. The number of hydrogen-bond donors (Lipinski definition) is 3. The van der Waals surface area contributed by atoms with Gasteiger partial charge in [0.05, 0.1) is 29.0 Å². The molecule has 12 nitrogen and oxygen atoms in total. The number of aromatic nitrogens is 2. The van der Waals surface area contributed by atoms with Crippen molar-refractivity contribution in [2.75, 3.05) is 39.5 Å². The van der Waals surface area contributed by atoms with Crippen molar-refractivity contribution in [3.8, 4) is 11.4 Å². The molecule has 0 saturated carbocycles. The Morgan fingerprint density at radius 1 is 0.931 bits per heavy atom. The number of cyclic esters (lactones) is 1. The highest BCUT2D eigenvalue weighted by Crippen LogP contribution is 2.44. The second-order valence-corrected chi connectivity index (χ2v) is 16.4. The van der Waals surface area contributed by atoms with Crippen LogP contribution in [-0.4, -0.2) is 92.1 Å². The van der Waals surface area contributed by atoms with E-state index in [1.54, 1.807) is 17.6 Å². The third kappa shape index (κ3) is 8.34. The van der Waals surface area contributed by atoms with Crippen LogP contribution in [0, 0.1) is 0 Å². The molecule has 58 heavy (non-hydrogen) atoms. The number of aliphatic carboxylic acids is 2. The van der Waals surface area contributed by atoms with Crippen molar-refractivity contribution >= 4 is 52.3 Å². The second kappa shape index (κ2) is 17.3. The summed E-state index contributed by atoms with van der Waals surface area (Å²) in [5.41, 5.74) is 4.83. The van der Waals surface area contributed by atoms with Gasteiger partial charge in [0.1, 0.15) is 6.61 Å².